The molecule has 72 valence electrons. The van der Waals surface area contributed by atoms with Crippen LogP contribution in [0.4, 0.5) is 5.69 Å². The van der Waals surface area contributed by atoms with Gasteiger partial charge in [-0.3, -0.25) is 0 Å². The van der Waals surface area contributed by atoms with Crippen molar-refractivity contribution in [2.24, 2.45) is 0 Å². The van der Waals surface area contributed by atoms with Crippen LogP contribution in [0.1, 0.15) is 0 Å². The molecule has 0 atom stereocenters. The van der Waals surface area contributed by atoms with Crippen molar-refractivity contribution < 1.29 is 10.0 Å². The summed E-state index contributed by atoms with van der Waals surface area (Å²) in [5.41, 5.74) is 6.54. The monoisotopic (exact) mass is 227 g/mol. The lowest BCUT2D eigenvalue weighted by Crippen LogP contribution is -2.30. The van der Waals surface area contributed by atoms with Gasteiger partial charge in [-0.25, -0.2) is 0 Å². The van der Waals surface area contributed by atoms with Crippen molar-refractivity contribution in [3.05, 3.63) is 22.5 Å². The predicted octanol–water partition coefficient (Wildman–Crippen LogP) is 0.817. The Morgan fingerprint density at radius 2 is 2.07 bits per heavy atom. The fourth-order valence-corrected chi connectivity index (χ4v) is 2.83. The van der Waals surface area contributed by atoms with Gasteiger partial charge in [-0.05, 0) is 12.1 Å². The lowest BCUT2D eigenvalue weighted by molar-refractivity contribution is 0.426. The van der Waals surface area contributed by atoms with Crippen molar-refractivity contribution in [3.63, 3.8) is 0 Å². The first kappa shape index (κ1) is 9.80. The molecule has 1 aromatic carbocycles. The molecule has 0 aliphatic rings. The summed E-state index contributed by atoms with van der Waals surface area (Å²) in [6.45, 7) is 0. The zero-order valence-electron chi connectivity index (χ0n) is 7.07. The van der Waals surface area contributed by atoms with Gasteiger partial charge in [0, 0.05) is 21.2 Å². The van der Waals surface area contributed by atoms with E-state index in [2.05, 4.69) is 0 Å². The summed E-state index contributed by atoms with van der Waals surface area (Å²) < 4.78 is 1.23. The van der Waals surface area contributed by atoms with Gasteiger partial charge in [0.2, 0.25) is 0 Å². The van der Waals surface area contributed by atoms with E-state index in [0.29, 0.717) is 20.9 Å². The summed E-state index contributed by atoms with van der Waals surface area (Å²) >= 11 is 7.16. The summed E-state index contributed by atoms with van der Waals surface area (Å²) in [6.07, 6.45) is 0. The highest BCUT2D eigenvalue weighted by molar-refractivity contribution is 7.24. The van der Waals surface area contributed by atoms with Crippen molar-refractivity contribution in [1.29, 1.82) is 0 Å². The van der Waals surface area contributed by atoms with Crippen LogP contribution in [0.25, 0.3) is 10.1 Å². The van der Waals surface area contributed by atoms with E-state index in [1.165, 1.54) is 11.3 Å². The number of nitrogens with two attached hydrogens (primary N) is 1. The Bertz CT molecular complexity index is 485. The molecule has 0 aliphatic carbocycles. The van der Waals surface area contributed by atoms with Crippen molar-refractivity contribution in [2.45, 2.75) is 0 Å². The molecule has 0 aliphatic heterocycles. The molecule has 0 spiro atoms. The van der Waals surface area contributed by atoms with Crippen LogP contribution in [-0.4, -0.2) is 17.2 Å². The first-order valence-electron chi connectivity index (χ1n) is 3.93. The molecule has 6 heteroatoms. The third-order valence-corrected chi connectivity index (χ3v) is 3.39. The average Bonchev–Trinajstić information content (AvgIpc) is 2.42. The molecule has 0 radical (unpaired) electrons. The second-order valence-electron chi connectivity index (χ2n) is 2.88. The maximum Gasteiger partial charge on any atom is 0.491 e. The smallest absolute Gasteiger partial charge is 0.423 e. The van der Waals surface area contributed by atoms with Crippen LogP contribution < -0.4 is 11.2 Å². The fourth-order valence-electron chi connectivity index (χ4n) is 1.40. The van der Waals surface area contributed by atoms with Gasteiger partial charge < -0.3 is 15.8 Å². The molecule has 0 bridgehead atoms. The lowest BCUT2D eigenvalue weighted by atomic mass is 9.80. The van der Waals surface area contributed by atoms with E-state index in [4.69, 9.17) is 27.4 Å². The average molecular weight is 227 g/mol. The molecule has 1 aromatic heterocycles. The number of fused-ring (bicyclic) bond motifs is 1. The molecule has 0 saturated carbocycles. The van der Waals surface area contributed by atoms with Gasteiger partial charge in [-0.2, -0.15) is 0 Å². The van der Waals surface area contributed by atoms with Crippen LogP contribution in [0.5, 0.6) is 0 Å². The minimum Gasteiger partial charge on any atom is -0.423 e. The standard InChI is InChI=1S/C8H7BClNO2S/c10-8-7(9(12)13)6-4(11)2-1-3-5(6)14-8/h1-3,12-13H,11H2. The van der Waals surface area contributed by atoms with Gasteiger partial charge in [0.15, 0.2) is 0 Å². The first-order chi connectivity index (χ1) is 6.61. The molecule has 0 amide bonds. The van der Waals surface area contributed by atoms with Gasteiger partial charge in [-0.1, -0.05) is 17.7 Å². The van der Waals surface area contributed by atoms with E-state index in [9.17, 15) is 0 Å². The van der Waals surface area contributed by atoms with Crippen molar-refractivity contribution in [2.75, 3.05) is 5.73 Å². The minimum absolute atomic E-state index is 0.296. The van der Waals surface area contributed by atoms with Crippen LogP contribution in [0.3, 0.4) is 0 Å². The molecule has 2 rings (SSSR count). The maximum absolute atomic E-state index is 9.14. The van der Waals surface area contributed by atoms with E-state index < -0.39 is 7.12 Å². The summed E-state index contributed by atoms with van der Waals surface area (Å²) in [4.78, 5) is 0. The Labute approximate surface area is 89.9 Å². The SMILES string of the molecule is Nc1cccc2sc(Cl)c(B(O)O)c12. The molecule has 1 heterocycles. The van der Waals surface area contributed by atoms with Crippen molar-refractivity contribution >= 4 is 51.3 Å². The molecular formula is C8H7BClNO2S. The number of thiophene rings is 1. The highest BCUT2D eigenvalue weighted by atomic mass is 35.5. The molecular weight excluding hydrogens is 220 g/mol. The van der Waals surface area contributed by atoms with Crippen LogP contribution in [0, 0.1) is 0 Å². The third kappa shape index (κ3) is 1.38. The van der Waals surface area contributed by atoms with Gasteiger partial charge in [0.1, 0.15) is 0 Å². The topological polar surface area (TPSA) is 66.5 Å². The van der Waals surface area contributed by atoms with E-state index in [-0.39, 0.29) is 0 Å². The first-order valence-corrected chi connectivity index (χ1v) is 5.13. The van der Waals surface area contributed by atoms with Gasteiger partial charge in [0.25, 0.3) is 0 Å². The normalized spacial score (nSPS) is 10.8. The van der Waals surface area contributed by atoms with Gasteiger partial charge >= 0.3 is 7.12 Å². The third-order valence-electron chi connectivity index (χ3n) is 2.00. The molecule has 0 saturated heterocycles. The van der Waals surface area contributed by atoms with Crippen LogP contribution in [0.15, 0.2) is 18.2 Å². The van der Waals surface area contributed by atoms with Gasteiger partial charge in [0.05, 0.1) is 4.34 Å². The molecule has 2 aromatic rings. The Morgan fingerprint density at radius 1 is 1.36 bits per heavy atom. The lowest BCUT2D eigenvalue weighted by Gasteiger charge is -2.00. The maximum atomic E-state index is 9.14. The molecule has 0 fully saturated rings. The molecule has 14 heavy (non-hydrogen) atoms. The second kappa shape index (κ2) is 3.44. The quantitative estimate of drug-likeness (QED) is 0.499. The molecule has 3 nitrogen and oxygen atoms in total. The highest BCUT2D eigenvalue weighted by Gasteiger charge is 2.22. The number of hydrogen-bond acceptors (Lipinski definition) is 4. The number of nitrogen functional groups attached to an aromatic ring is 1. The minimum atomic E-state index is -1.58. The molecule has 4 N–H and O–H groups in total. The van der Waals surface area contributed by atoms with Crippen molar-refractivity contribution in [1.82, 2.24) is 0 Å². The number of rotatable bonds is 1. The Hall–Kier alpha value is -0.745. The summed E-state index contributed by atoms with van der Waals surface area (Å²) in [6, 6.07) is 5.35. The largest absolute Gasteiger partial charge is 0.491 e. The zero-order chi connectivity index (χ0) is 10.3. The fraction of sp³-hybridized carbons (Fsp3) is 0. The van der Waals surface area contributed by atoms with Crippen LogP contribution >= 0.6 is 22.9 Å². The van der Waals surface area contributed by atoms with E-state index in [1.807, 2.05) is 6.07 Å². The van der Waals surface area contributed by atoms with E-state index >= 15 is 0 Å². The summed E-state index contributed by atoms with van der Waals surface area (Å²) in [5.74, 6) is 0. The van der Waals surface area contributed by atoms with Crippen LogP contribution in [-0.2, 0) is 0 Å². The Morgan fingerprint density at radius 3 is 2.71 bits per heavy atom. The summed E-state index contributed by atoms with van der Waals surface area (Å²) in [5, 5.41) is 18.9. The Kier molecular flexibility index (Phi) is 2.40. The Balaban J connectivity index is 2.86. The van der Waals surface area contributed by atoms with Crippen LogP contribution in [0.2, 0.25) is 4.34 Å². The number of benzene rings is 1. The van der Waals surface area contributed by atoms with Gasteiger partial charge in [-0.15, -0.1) is 11.3 Å². The van der Waals surface area contributed by atoms with Crippen molar-refractivity contribution in [3.8, 4) is 0 Å². The number of hydrogen-bond donors (Lipinski definition) is 3. The highest BCUT2D eigenvalue weighted by Crippen LogP contribution is 2.30. The number of halogens is 1. The second-order valence-corrected chi connectivity index (χ2v) is 4.54. The van der Waals surface area contributed by atoms with E-state index in [0.717, 1.165) is 4.70 Å². The zero-order valence-corrected chi connectivity index (χ0v) is 8.64. The molecule has 0 unspecified atom stereocenters. The summed E-state index contributed by atoms with van der Waals surface area (Å²) in [7, 11) is -1.58. The predicted molar refractivity (Wildman–Crippen MR) is 61.1 cm³/mol. The van der Waals surface area contributed by atoms with E-state index in [1.54, 1.807) is 12.1 Å². The number of anilines is 1.